The van der Waals surface area contributed by atoms with Gasteiger partial charge in [0.15, 0.2) is 0 Å². The van der Waals surface area contributed by atoms with Crippen LogP contribution < -0.4 is 20.8 Å². The van der Waals surface area contributed by atoms with E-state index in [1.807, 2.05) is 66.7 Å². The molecule has 4 aromatic carbocycles. The number of amides is 2. The predicted molar refractivity (Wildman–Crippen MR) is 156 cm³/mol. The molecule has 1 heterocycles. The summed E-state index contributed by atoms with van der Waals surface area (Å²) >= 11 is 1.65. The van der Waals surface area contributed by atoms with E-state index in [0.717, 1.165) is 20.5 Å². The molecule has 0 spiro atoms. The quantitative estimate of drug-likeness (QED) is 0.200. The van der Waals surface area contributed by atoms with E-state index >= 15 is 0 Å². The van der Waals surface area contributed by atoms with Crippen LogP contribution in [0.2, 0.25) is 0 Å². The van der Waals surface area contributed by atoms with Crippen molar-refractivity contribution in [1.82, 2.24) is 10.7 Å². The van der Waals surface area contributed by atoms with Crippen molar-refractivity contribution in [3.63, 3.8) is 0 Å². The Morgan fingerprint density at radius 2 is 1.49 bits per heavy atom. The van der Waals surface area contributed by atoms with E-state index in [0.29, 0.717) is 22.2 Å². The Balaban J connectivity index is 1.50. The molecule has 39 heavy (non-hydrogen) atoms. The first kappa shape index (κ1) is 25.6. The second kappa shape index (κ2) is 12.0. The second-order valence-corrected chi connectivity index (χ2v) is 9.65. The van der Waals surface area contributed by atoms with Crippen molar-refractivity contribution in [1.29, 1.82) is 0 Å². The van der Waals surface area contributed by atoms with Gasteiger partial charge < -0.3 is 10.1 Å². The van der Waals surface area contributed by atoms with Crippen LogP contribution in [0.15, 0.2) is 126 Å². The molecule has 0 aliphatic rings. The van der Waals surface area contributed by atoms with Crippen LogP contribution in [0.25, 0.3) is 26.6 Å². The highest BCUT2D eigenvalue weighted by Gasteiger charge is 2.15. The van der Waals surface area contributed by atoms with Gasteiger partial charge in [0.2, 0.25) is 0 Å². The monoisotopic (exact) mass is 531 g/mol. The molecule has 7 heteroatoms. The number of benzene rings is 4. The number of rotatable bonds is 7. The number of hydrogen-bond acceptors (Lipinski definition) is 5. The number of carbonyl (C=O) groups excluding carboxylic acids is 2. The standard InChI is InChI=1S/C32H25N3O3S/c1-38-25-18-16-22(17-19-25)20-28(33-31(36)24-12-6-3-7-13-24)32(37)35-34-27-21-30(23-10-4-2-5-11-23)39-29-15-9-8-14-26(27)29/h2-21H,1H3,(H,33,36)(H,35,37)/b28-20-,34-27+. The van der Waals surface area contributed by atoms with Gasteiger partial charge in [0.1, 0.15) is 11.4 Å². The number of fused-ring (bicyclic) bond motifs is 1. The van der Waals surface area contributed by atoms with E-state index in [9.17, 15) is 9.59 Å². The number of nitrogens with zero attached hydrogens (tertiary/aromatic N) is 1. The van der Waals surface area contributed by atoms with E-state index in [1.165, 1.54) is 0 Å². The molecule has 0 radical (unpaired) electrons. The Hall–Kier alpha value is -5.01. The summed E-state index contributed by atoms with van der Waals surface area (Å²) in [6, 6.07) is 35.8. The summed E-state index contributed by atoms with van der Waals surface area (Å²) in [7, 11) is 1.59. The van der Waals surface area contributed by atoms with E-state index < -0.39 is 11.8 Å². The molecule has 0 atom stereocenters. The van der Waals surface area contributed by atoms with Crippen LogP contribution in [0.4, 0.5) is 0 Å². The summed E-state index contributed by atoms with van der Waals surface area (Å²) in [4.78, 5) is 27.3. The second-order valence-electron chi connectivity index (χ2n) is 8.56. The van der Waals surface area contributed by atoms with Gasteiger partial charge in [-0.05, 0) is 53.6 Å². The largest absolute Gasteiger partial charge is 0.497 e. The van der Waals surface area contributed by atoms with Gasteiger partial charge in [-0.1, -0.05) is 78.9 Å². The number of nitrogens with one attached hydrogen (secondary N) is 2. The highest BCUT2D eigenvalue weighted by molar-refractivity contribution is 7.21. The van der Waals surface area contributed by atoms with Crippen LogP contribution in [0.1, 0.15) is 15.9 Å². The van der Waals surface area contributed by atoms with Crippen molar-refractivity contribution in [3.8, 4) is 16.2 Å². The summed E-state index contributed by atoms with van der Waals surface area (Å²) in [5, 5.41) is 8.76. The van der Waals surface area contributed by atoms with Gasteiger partial charge in [-0.2, -0.15) is 5.10 Å². The lowest BCUT2D eigenvalue weighted by molar-refractivity contribution is -0.117. The molecule has 0 bridgehead atoms. The van der Waals surface area contributed by atoms with Crippen molar-refractivity contribution < 1.29 is 14.3 Å². The van der Waals surface area contributed by atoms with Crippen molar-refractivity contribution in [2.45, 2.75) is 0 Å². The Morgan fingerprint density at radius 3 is 2.21 bits per heavy atom. The van der Waals surface area contributed by atoms with Gasteiger partial charge in [0.25, 0.3) is 11.8 Å². The summed E-state index contributed by atoms with van der Waals surface area (Å²) in [5.74, 6) is -0.260. The van der Waals surface area contributed by atoms with Crippen molar-refractivity contribution in [2.24, 2.45) is 5.10 Å². The molecule has 5 aromatic rings. The van der Waals surface area contributed by atoms with Crippen LogP contribution in [-0.4, -0.2) is 18.9 Å². The fourth-order valence-electron chi connectivity index (χ4n) is 3.93. The zero-order valence-corrected chi connectivity index (χ0v) is 21.9. The maximum atomic E-state index is 13.4. The van der Waals surface area contributed by atoms with Crippen molar-refractivity contribution in [2.75, 3.05) is 7.11 Å². The van der Waals surface area contributed by atoms with Crippen LogP contribution in [0.3, 0.4) is 0 Å². The van der Waals surface area contributed by atoms with Gasteiger partial charge >= 0.3 is 0 Å². The van der Waals surface area contributed by atoms with Crippen LogP contribution >= 0.6 is 11.3 Å². The van der Waals surface area contributed by atoms with Gasteiger partial charge in [0, 0.05) is 20.5 Å². The van der Waals surface area contributed by atoms with Crippen LogP contribution in [0, 0.1) is 0 Å². The molecule has 1 aromatic heterocycles. The summed E-state index contributed by atoms with van der Waals surface area (Å²) in [5.41, 5.74) is 4.92. The van der Waals surface area contributed by atoms with Gasteiger partial charge in [-0.3, -0.25) is 9.59 Å². The summed E-state index contributed by atoms with van der Waals surface area (Å²) in [6.45, 7) is 0. The zero-order chi connectivity index (χ0) is 27.0. The van der Waals surface area contributed by atoms with E-state index in [2.05, 4.69) is 15.8 Å². The molecule has 0 saturated heterocycles. The minimum absolute atomic E-state index is 0.0594. The predicted octanol–water partition coefficient (Wildman–Crippen LogP) is 5.98. The molecule has 6 nitrogen and oxygen atoms in total. The first-order valence-corrected chi connectivity index (χ1v) is 13.1. The maximum Gasteiger partial charge on any atom is 0.287 e. The Labute approximate surface area is 229 Å². The molecule has 0 fully saturated rings. The van der Waals surface area contributed by atoms with Gasteiger partial charge in [0.05, 0.1) is 12.5 Å². The molecule has 192 valence electrons. The zero-order valence-electron chi connectivity index (χ0n) is 21.1. The van der Waals surface area contributed by atoms with Crippen LogP contribution in [-0.2, 0) is 4.79 Å². The number of carbonyl (C=O) groups is 2. The highest BCUT2D eigenvalue weighted by atomic mass is 32.1. The van der Waals surface area contributed by atoms with E-state index in [4.69, 9.17) is 4.74 Å². The molecule has 0 saturated carbocycles. The molecular weight excluding hydrogens is 506 g/mol. The third-order valence-electron chi connectivity index (χ3n) is 5.94. The van der Waals surface area contributed by atoms with Crippen LogP contribution in [0.5, 0.6) is 5.75 Å². The maximum absolute atomic E-state index is 13.4. The molecule has 0 aliphatic heterocycles. The van der Waals surface area contributed by atoms with Crippen molar-refractivity contribution >= 4 is 39.3 Å². The Bertz CT molecular complexity index is 1710. The van der Waals surface area contributed by atoms with E-state index in [1.54, 1.807) is 73.1 Å². The molecule has 2 amide bonds. The van der Waals surface area contributed by atoms with Gasteiger partial charge in [-0.25, -0.2) is 5.43 Å². The fraction of sp³-hybridized carbons (Fsp3) is 0.0312. The molecule has 2 N–H and O–H groups in total. The lowest BCUT2D eigenvalue weighted by atomic mass is 10.1. The lowest BCUT2D eigenvalue weighted by Crippen LogP contribution is -2.33. The molecule has 0 unspecified atom stereocenters. The van der Waals surface area contributed by atoms with Crippen molar-refractivity contribution in [3.05, 3.63) is 137 Å². The van der Waals surface area contributed by atoms with E-state index in [-0.39, 0.29) is 5.70 Å². The number of methoxy groups -OCH3 is 1. The normalized spacial score (nSPS) is 11.7. The minimum atomic E-state index is -0.548. The number of hydrogen-bond donors (Lipinski definition) is 2. The molecule has 5 rings (SSSR count). The summed E-state index contributed by atoms with van der Waals surface area (Å²) in [6.07, 6.45) is 1.60. The van der Waals surface area contributed by atoms with Gasteiger partial charge in [-0.15, -0.1) is 11.3 Å². The smallest absolute Gasteiger partial charge is 0.287 e. The summed E-state index contributed by atoms with van der Waals surface area (Å²) < 4.78 is 6.26. The highest BCUT2D eigenvalue weighted by Crippen LogP contribution is 2.27. The lowest BCUT2D eigenvalue weighted by Gasteiger charge is -2.10. The minimum Gasteiger partial charge on any atom is -0.497 e. The Morgan fingerprint density at radius 1 is 0.821 bits per heavy atom. The SMILES string of the molecule is COc1ccc(/C=C(\NC(=O)c2ccccc2)C(=O)N/N=c2\cc(-c3ccccc3)sc3ccccc23)cc1. The first-order chi connectivity index (χ1) is 19.1. The molecule has 0 aliphatic carbocycles. The Kier molecular flexibility index (Phi) is 7.90. The average Bonchev–Trinajstić information content (AvgIpc) is 3.00. The number of ether oxygens (including phenoxy) is 1. The third-order valence-corrected chi connectivity index (χ3v) is 7.09. The topological polar surface area (TPSA) is 79.8 Å². The average molecular weight is 532 g/mol. The molecular formula is C32H25N3O3S. The fourth-order valence-corrected chi connectivity index (χ4v) is 5.03. The first-order valence-electron chi connectivity index (χ1n) is 12.3. The third kappa shape index (κ3) is 6.29.